The quantitative estimate of drug-likeness (QED) is 0.492. The summed E-state index contributed by atoms with van der Waals surface area (Å²) in [5.74, 6) is -0.0928. The summed E-state index contributed by atoms with van der Waals surface area (Å²) in [5, 5.41) is 5.16. The number of thiophene rings is 1. The Morgan fingerprint density at radius 1 is 1.10 bits per heavy atom. The molecule has 0 saturated carbocycles. The molecule has 0 unspecified atom stereocenters. The molecule has 0 bridgehead atoms. The van der Waals surface area contributed by atoms with Crippen molar-refractivity contribution in [3.05, 3.63) is 46.0 Å². The van der Waals surface area contributed by atoms with E-state index in [9.17, 15) is 4.79 Å². The van der Waals surface area contributed by atoms with E-state index < -0.39 is 0 Å². The van der Waals surface area contributed by atoms with Crippen molar-refractivity contribution in [1.29, 1.82) is 0 Å². The van der Waals surface area contributed by atoms with Gasteiger partial charge in [0.25, 0.3) is 5.91 Å². The van der Waals surface area contributed by atoms with Gasteiger partial charge < -0.3 is 15.0 Å². The van der Waals surface area contributed by atoms with Gasteiger partial charge in [-0.25, -0.2) is 9.97 Å². The monoisotopic (exact) mass is 438 g/mol. The maximum Gasteiger partial charge on any atom is 0.266 e. The maximum absolute atomic E-state index is 13.0. The SMILES string of the molecule is Cc1cc(C)c2c(C)c(C(=O)Nc3ccc4nc(N5CCOCC5)sc4c3)sc2n1. The fraction of sp³-hybridized carbons (Fsp3) is 0.318. The molecule has 8 heteroatoms. The van der Waals surface area contributed by atoms with Crippen molar-refractivity contribution in [2.45, 2.75) is 20.8 Å². The lowest BCUT2D eigenvalue weighted by Crippen LogP contribution is -2.36. The zero-order valence-corrected chi connectivity index (χ0v) is 18.7. The van der Waals surface area contributed by atoms with Crippen molar-refractivity contribution >= 4 is 59.8 Å². The van der Waals surface area contributed by atoms with Gasteiger partial charge in [-0.1, -0.05) is 11.3 Å². The van der Waals surface area contributed by atoms with Crippen LogP contribution in [0.15, 0.2) is 24.3 Å². The Morgan fingerprint density at radius 2 is 1.90 bits per heavy atom. The molecular formula is C22H22N4O2S2. The third-order valence-corrected chi connectivity index (χ3v) is 7.61. The minimum atomic E-state index is -0.0928. The molecule has 5 rings (SSSR count). The highest BCUT2D eigenvalue weighted by Crippen LogP contribution is 2.34. The number of nitrogens with zero attached hydrogens (tertiary/aromatic N) is 3. The molecule has 1 N–H and O–H groups in total. The van der Waals surface area contributed by atoms with Gasteiger partial charge in [0.15, 0.2) is 5.13 Å². The number of ether oxygens (including phenoxy) is 1. The van der Waals surface area contributed by atoms with Crippen LogP contribution in [0.3, 0.4) is 0 Å². The van der Waals surface area contributed by atoms with E-state index in [0.29, 0.717) is 4.88 Å². The standard InChI is InChI=1S/C22H22N4O2S2/c1-12-10-13(2)23-21-18(12)14(3)19(30-21)20(27)24-15-4-5-16-17(11-15)29-22(25-16)26-6-8-28-9-7-26/h4-5,10-11H,6-9H2,1-3H3,(H,24,27). The molecule has 0 atom stereocenters. The van der Waals surface area contributed by atoms with Crippen molar-refractivity contribution in [1.82, 2.24) is 9.97 Å². The predicted molar refractivity (Wildman–Crippen MR) is 124 cm³/mol. The Hall–Kier alpha value is -2.55. The summed E-state index contributed by atoms with van der Waals surface area (Å²) in [6, 6.07) is 7.95. The number of carbonyl (C=O) groups is 1. The van der Waals surface area contributed by atoms with Crippen LogP contribution in [0.25, 0.3) is 20.4 Å². The second-order valence-corrected chi connectivity index (χ2v) is 9.56. The number of amides is 1. The van der Waals surface area contributed by atoms with Crippen LogP contribution in [0.2, 0.25) is 0 Å². The average Bonchev–Trinajstić information content (AvgIpc) is 3.29. The van der Waals surface area contributed by atoms with Crippen molar-refractivity contribution in [3.63, 3.8) is 0 Å². The number of hydrogen-bond donors (Lipinski definition) is 1. The minimum Gasteiger partial charge on any atom is -0.378 e. The number of carbonyl (C=O) groups excluding carboxylic acids is 1. The third-order valence-electron chi connectivity index (χ3n) is 5.35. The average molecular weight is 439 g/mol. The lowest BCUT2D eigenvalue weighted by Gasteiger charge is -2.25. The summed E-state index contributed by atoms with van der Waals surface area (Å²) in [6.45, 7) is 9.25. The van der Waals surface area contributed by atoms with Crippen LogP contribution in [-0.2, 0) is 4.74 Å². The lowest BCUT2D eigenvalue weighted by atomic mass is 10.1. The highest BCUT2D eigenvalue weighted by Gasteiger charge is 2.19. The number of aromatic nitrogens is 2. The fourth-order valence-electron chi connectivity index (χ4n) is 3.90. The van der Waals surface area contributed by atoms with Crippen LogP contribution in [0.1, 0.15) is 26.5 Å². The summed E-state index contributed by atoms with van der Waals surface area (Å²) < 4.78 is 6.49. The number of fused-ring (bicyclic) bond motifs is 2. The molecule has 4 aromatic rings. The lowest BCUT2D eigenvalue weighted by molar-refractivity contribution is 0.103. The van der Waals surface area contributed by atoms with Gasteiger partial charge in [-0.3, -0.25) is 4.79 Å². The second kappa shape index (κ2) is 7.61. The van der Waals surface area contributed by atoms with Crippen LogP contribution < -0.4 is 10.2 Å². The highest BCUT2D eigenvalue weighted by atomic mass is 32.1. The molecule has 4 heterocycles. The molecule has 1 amide bonds. The molecule has 154 valence electrons. The molecule has 1 aromatic carbocycles. The smallest absolute Gasteiger partial charge is 0.266 e. The van der Waals surface area contributed by atoms with Gasteiger partial charge in [-0.15, -0.1) is 11.3 Å². The summed E-state index contributed by atoms with van der Waals surface area (Å²) in [7, 11) is 0. The van der Waals surface area contributed by atoms with Gasteiger partial charge >= 0.3 is 0 Å². The number of thiazole rings is 1. The number of nitrogens with one attached hydrogen (secondary N) is 1. The number of hydrogen-bond acceptors (Lipinski definition) is 7. The molecule has 6 nitrogen and oxygen atoms in total. The Balaban J connectivity index is 1.42. The topological polar surface area (TPSA) is 67.4 Å². The Labute approximate surface area is 182 Å². The first-order valence-electron chi connectivity index (χ1n) is 9.91. The fourth-order valence-corrected chi connectivity index (χ4v) is 6.16. The Morgan fingerprint density at radius 3 is 2.70 bits per heavy atom. The highest BCUT2D eigenvalue weighted by molar-refractivity contribution is 7.22. The summed E-state index contributed by atoms with van der Waals surface area (Å²) in [4.78, 5) is 26.3. The first-order valence-corrected chi connectivity index (χ1v) is 11.5. The van der Waals surface area contributed by atoms with Gasteiger partial charge in [0, 0.05) is 29.9 Å². The van der Waals surface area contributed by atoms with Crippen molar-refractivity contribution in [2.75, 3.05) is 36.5 Å². The van der Waals surface area contributed by atoms with Crippen LogP contribution >= 0.6 is 22.7 Å². The van der Waals surface area contributed by atoms with Crippen LogP contribution in [-0.4, -0.2) is 42.2 Å². The maximum atomic E-state index is 13.0. The predicted octanol–water partition coefficient (Wildman–Crippen LogP) is 4.92. The van der Waals surface area contributed by atoms with E-state index in [4.69, 9.17) is 9.72 Å². The zero-order valence-electron chi connectivity index (χ0n) is 17.1. The Bertz CT molecular complexity index is 1270. The van der Waals surface area contributed by atoms with Gasteiger partial charge in [0.1, 0.15) is 4.83 Å². The second-order valence-electron chi connectivity index (χ2n) is 7.55. The van der Waals surface area contributed by atoms with E-state index in [1.807, 2.05) is 32.0 Å². The number of anilines is 2. The molecule has 0 aliphatic carbocycles. The summed E-state index contributed by atoms with van der Waals surface area (Å²) >= 11 is 3.11. The largest absolute Gasteiger partial charge is 0.378 e. The molecule has 3 aromatic heterocycles. The van der Waals surface area contributed by atoms with Gasteiger partial charge in [-0.2, -0.15) is 0 Å². The minimum absolute atomic E-state index is 0.0928. The van der Waals surface area contributed by atoms with Crippen molar-refractivity contribution < 1.29 is 9.53 Å². The van der Waals surface area contributed by atoms with E-state index >= 15 is 0 Å². The van der Waals surface area contributed by atoms with E-state index in [1.165, 1.54) is 11.3 Å². The zero-order chi connectivity index (χ0) is 20.8. The molecule has 0 spiro atoms. The molecule has 1 saturated heterocycles. The normalized spacial score (nSPS) is 14.6. The van der Waals surface area contributed by atoms with E-state index in [2.05, 4.69) is 28.2 Å². The summed E-state index contributed by atoms with van der Waals surface area (Å²) in [6.07, 6.45) is 0. The van der Waals surface area contributed by atoms with Crippen LogP contribution in [0, 0.1) is 20.8 Å². The van der Waals surface area contributed by atoms with Crippen molar-refractivity contribution in [2.24, 2.45) is 0 Å². The number of rotatable bonds is 3. The number of morpholine rings is 1. The number of aryl methyl sites for hydroxylation is 3. The van der Waals surface area contributed by atoms with Crippen LogP contribution in [0.4, 0.5) is 10.8 Å². The first kappa shape index (κ1) is 19.4. The number of pyridine rings is 1. The van der Waals surface area contributed by atoms with E-state index in [-0.39, 0.29) is 5.91 Å². The van der Waals surface area contributed by atoms with E-state index in [0.717, 1.165) is 74.4 Å². The number of benzene rings is 1. The van der Waals surface area contributed by atoms with Gasteiger partial charge in [0.2, 0.25) is 0 Å². The van der Waals surface area contributed by atoms with Crippen molar-refractivity contribution in [3.8, 4) is 0 Å². The van der Waals surface area contributed by atoms with Gasteiger partial charge in [-0.05, 0) is 56.2 Å². The third kappa shape index (κ3) is 3.45. The van der Waals surface area contributed by atoms with Crippen LogP contribution in [0.5, 0.6) is 0 Å². The molecular weight excluding hydrogens is 416 g/mol. The molecule has 1 aliphatic rings. The first-order chi connectivity index (χ1) is 14.5. The molecule has 30 heavy (non-hydrogen) atoms. The summed E-state index contributed by atoms with van der Waals surface area (Å²) in [5.41, 5.74) is 4.85. The Kier molecular flexibility index (Phi) is 4.92. The molecule has 1 aliphatic heterocycles. The molecule has 1 fully saturated rings. The van der Waals surface area contributed by atoms with E-state index in [1.54, 1.807) is 11.3 Å². The molecule has 0 radical (unpaired) electrons. The van der Waals surface area contributed by atoms with Gasteiger partial charge in [0.05, 0.1) is 28.3 Å².